The predicted octanol–water partition coefficient (Wildman–Crippen LogP) is 2.90. The molecule has 3 N–H and O–H groups in total. The fourth-order valence-corrected chi connectivity index (χ4v) is 2.12. The van der Waals surface area contributed by atoms with Crippen LogP contribution in [-0.4, -0.2) is 4.98 Å². The molecule has 0 aromatic carbocycles. The zero-order chi connectivity index (χ0) is 10.7. The van der Waals surface area contributed by atoms with Crippen molar-refractivity contribution in [3.8, 4) is 0 Å². The lowest BCUT2D eigenvalue weighted by atomic mass is 10.2. The number of rotatable bonds is 3. The van der Waals surface area contributed by atoms with Gasteiger partial charge in [0.15, 0.2) is 0 Å². The first-order valence-electron chi connectivity index (χ1n) is 4.78. The van der Waals surface area contributed by atoms with E-state index in [4.69, 9.17) is 5.73 Å². The predicted molar refractivity (Wildman–Crippen MR) is 65.0 cm³/mol. The van der Waals surface area contributed by atoms with Crippen LogP contribution >= 0.6 is 11.3 Å². The Kier molecular flexibility index (Phi) is 2.87. The van der Waals surface area contributed by atoms with E-state index in [1.165, 1.54) is 4.88 Å². The first kappa shape index (κ1) is 9.98. The number of pyridine rings is 1. The number of nitrogens with two attached hydrogens (primary N) is 1. The highest BCUT2D eigenvalue weighted by Gasteiger charge is 2.07. The third-order valence-corrected chi connectivity index (χ3v) is 3.24. The molecular formula is C11H13N3S. The second kappa shape index (κ2) is 4.31. The number of nitrogens with one attached hydrogen (secondary N) is 1. The smallest absolute Gasteiger partial charge is 0.146 e. The van der Waals surface area contributed by atoms with Crippen LogP contribution in [0.15, 0.2) is 35.8 Å². The second-order valence-electron chi connectivity index (χ2n) is 3.32. The van der Waals surface area contributed by atoms with Gasteiger partial charge in [0.2, 0.25) is 0 Å². The summed E-state index contributed by atoms with van der Waals surface area (Å²) in [5, 5.41) is 5.41. The molecule has 78 valence electrons. The van der Waals surface area contributed by atoms with E-state index in [0.29, 0.717) is 5.82 Å². The Morgan fingerprint density at radius 2 is 2.27 bits per heavy atom. The number of nitrogens with zero attached hydrogens (tertiary/aromatic N) is 1. The highest BCUT2D eigenvalue weighted by Crippen LogP contribution is 2.24. The molecule has 2 aromatic heterocycles. The van der Waals surface area contributed by atoms with Crippen molar-refractivity contribution in [2.75, 3.05) is 11.1 Å². The van der Waals surface area contributed by atoms with Gasteiger partial charge in [-0.3, -0.25) is 0 Å². The highest BCUT2D eigenvalue weighted by atomic mass is 32.1. The van der Waals surface area contributed by atoms with E-state index in [-0.39, 0.29) is 6.04 Å². The number of thiophene rings is 1. The molecule has 0 bridgehead atoms. The summed E-state index contributed by atoms with van der Waals surface area (Å²) < 4.78 is 0. The Morgan fingerprint density at radius 1 is 1.40 bits per heavy atom. The van der Waals surface area contributed by atoms with Crippen LogP contribution in [0.4, 0.5) is 11.5 Å². The van der Waals surface area contributed by atoms with Crippen molar-refractivity contribution in [3.63, 3.8) is 0 Å². The molecule has 0 spiro atoms. The Morgan fingerprint density at radius 3 is 2.93 bits per heavy atom. The molecule has 0 aliphatic heterocycles. The molecule has 4 heteroatoms. The first-order valence-corrected chi connectivity index (χ1v) is 5.66. The van der Waals surface area contributed by atoms with Gasteiger partial charge in [-0.1, -0.05) is 6.07 Å². The highest BCUT2D eigenvalue weighted by molar-refractivity contribution is 7.10. The third-order valence-electron chi connectivity index (χ3n) is 2.18. The number of aromatic nitrogens is 1. The van der Waals surface area contributed by atoms with Crippen LogP contribution in [0.3, 0.4) is 0 Å². The van der Waals surface area contributed by atoms with Crippen LogP contribution in [-0.2, 0) is 0 Å². The monoisotopic (exact) mass is 219 g/mol. The summed E-state index contributed by atoms with van der Waals surface area (Å²) in [7, 11) is 0. The van der Waals surface area contributed by atoms with Crippen molar-refractivity contribution in [2.45, 2.75) is 13.0 Å². The Balaban J connectivity index is 2.13. The number of anilines is 2. The largest absolute Gasteiger partial charge is 0.382 e. The molecule has 1 atom stereocenters. The second-order valence-corrected chi connectivity index (χ2v) is 4.30. The van der Waals surface area contributed by atoms with Crippen molar-refractivity contribution >= 4 is 22.8 Å². The van der Waals surface area contributed by atoms with Crippen LogP contribution in [0.2, 0.25) is 0 Å². The van der Waals surface area contributed by atoms with Gasteiger partial charge < -0.3 is 11.1 Å². The van der Waals surface area contributed by atoms with Gasteiger partial charge in [0, 0.05) is 11.1 Å². The summed E-state index contributed by atoms with van der Waals surface area (Å²) in [5.41, 5.74) is 6.64. The molecule has 0 amide bonds. The SMILES string of the molecule is CC(Nc1cccnc1N)c1cccs1. The summed E-state index contributed by atoms with van der Waals surface area (Å²) >= 11 is 1.73. The maximum absolute atomic E-state index is 5.75. The van der Waals surface area contributed by atoms with Gasteiger partial charge in [-0.05, 0) is 30.5 Å². The summed E-state index contributed by atoms with van der Waals surface area (Å²) in [6.45, 7) is 2.11. The average molecular weight is 219 g/mol. The van der Waals surface area contributed by atoms with Crippen molar-refractivity contribution in [2.24, 2.45) is 0 Å². The summed E-state index contributed by atoms with van der Waals surface area (Å²) in [6, 6.07) is 8.22. The molecule has 0 aliphatic rings. The first-order chi connectivity index (χ1) is 7.27. The quantitative estimate of drug-likeness (QED) is 0.834. The lowest BCUT2D eigenvalue weighted by Crippen LogP contribution is -2.07. The van der Waals surface area contributed by atoms with Crippen molar-refractivity contribution in [3.05, 3.63) is 40.7 Å². The van der Waals surface area contributed by atoms with Crippen LogP contribution in [0.5, 0.6) is 0 Å². The lowest BCUT2D eigenvalue weighted by Gasteiger charge is -2.14. The Hall–Kier alpha value is -1.55. The van der Waals surface area contributed by atoms with Gasteiger partial charge >= 0.3 is 0 Å². The molecule has 0 fully saturated rings. The average Bonchev–Trinajstić information content (AvgIpc) is 2.74. The maximum atomic E-state index is 5.75. The van der Waals surface area contributed by atoms with Crippen LogP contribution in [0.1, 0.15) is 17.8 Å². The molecular weight excluding hydrogens is 206 g/mol. The molecule has 2 aromatic rings. The van der Waals surface area contributed by atoms with Crippen molar-refractivity contribution < 1.29 is 0 Å². The normalized spacial score (nSPS) is 12.3. The Labute approximate surface area is 93.0 Å². The minimum absolute atomic E-state index is 0.261. The summed E-state index contributed by atoms with van der Waals surface area (Å²) in [5.74, 6) is 0.543. The zero-order valence-corrected chi connectivity index (χ0v) is 9.29. The zero-order valence-electron chi connectivity index (χ0n) is 8.47. The van der Waals surface area contributed by atoms with Gasteiger partial charge in [0.1, 0.15) is 5.82 Å². The summed E-state index contributed by atoms with van der Waals surface area (Å²) in [4.78, 5) is 5.32. The fourth-order valence-electron chi connectivity index (χ4n) is 1.38. The fraction of sp³-hybridized carbons (Fsp3) is 0.182. The standard InChI is InChI=1S/C11H13N3S/c1-8(10-5-3-7-15-10)14-9-4-2-6-13-11(9)12/h2-8,14H,1H3,(H2,12,13). The number of nitrogen functional groups attached to an aromatic ring is 1. The van der Waals surface area contributed by atoms with Crippen LogP contribution < -0.4 is 11.1 Å². The van der Waals surface area contributed by atoms with E-state index < -0.39 is 0 Å². The van der Waals surface area contributed by atoms with E-state index >= 15 is 0 Å². The molecule has 0 saturated heterocycles. The molecule has 0 aliphatic carbocycles. The van der Waals surface area contributed by atoms with Crippen molar-refractivity contribution in [1.29, 1.82) is 0 Å². The number of hydrogen-bond donors (Lipinski definition) is 2. The van der Waals surface area contributed by atoms with Gasteiger partial charge in [0.05, 0.1) is 11.7 Å². The van der Waals surface area contributed by atoms with Crippen LogP contribution in [0.25, 0.3) is 0 Å². The lowest BCUT2D eigenvalue weighted by molar-refractivity contribution is 0.907. The van der Waals surface area contributed by atoms with Crippen LogP contribution in [0, 0.1) is 0 Å². The topological polar surface area (TPSA) is 50.9 Å². The molecule has 0 radical (unpaired) electrons. The van der Waals surface area contributed by atoms with E-state index in [9.17, 15) is 0 Å². The minimum atomic E-state index is 0.261. The molecule has 1 unspecified atom stereocenters. The van der Waals surface area contributed by atoms with E-state index in [2.05, 4.69) is 28.7 Å². The van der Waals surface area contributed by atoms with E-state index in [1.807, 2.05) is 18.2 Å². The maximum Gasteiger partial charge on any atom is 0.146 e. The number of hydrogen-bond acceptors (Lipinski definition) is 4. The Bertz CT molecular complexity index is 425. The molecule has 15 heavy (non-hydrogen) atoms. The molecule has 3 nitrogen and oxygen atoms in total. The van der Waals surface area contributed by atoms with Gasteiger partial charge in [-0.2, -0.15) is 0 Å². The third kappa shape index (κ3) is 2.27. The minimum Gasteiger partial charge on any atom is -0.382 e. The van der Waals surface area contributed by atoms with Gasteiger partial charge in [-0.25, -0.2) is 4.98 Å². The molecule has 0 saturated carbocycles. The van der Waals surface area contributed by atoms with Crippen molar-refractivity contribution in [1.82, 2.24) is 4.98 Å². The molecule has 2 heterocycles. The van der Waals surface area contributed by atoms with E-state index in [0.717, 1.165) is 5.69 Å². The van der Waals surface area contributed by atoms with Gasteiger partial charge in [0.25, 0.3) is 0 Å². The summed E-state index contributed by atoms with van der Waals surface area (Å²) in [6.07, 6.45) is 1.69. The van der Waals surface area contributed by atoms with E-state index in [1.54, 1.807) is 17.5 Å². The molecule has 2 rings (SSSR count). The van der Waals surface area contributed by atoms with Gasteiger partial charge in [-0.15, -0.1) is 11.3 Å².